The summed E-state index contributed by atoms with van der Waals surface area (Å²) in [6.45, 7) is 2.44. The summed E-state index contributed by atoms with van der Waals surface area (Å²) in [7, 11) is 1.82. The number of pyridine rings is 1. The van der Waals surface area contributed by atoms with E-state index in [4.69, 9.17) is 4.74 Å². The smallest absolute Gasteiger partial charge is 0.272 e. The Morgan fingerprint density at radius 2 is 1.87 bits per heavy atom. The maximum Gasteiger partial charge on any atom is 0.272 e. The van der Waals surface area contributed by atoms with Gasteiger partial charge in [-0.05, 0) is 50.1 Å². The minimum Gasteiger partial charge on any atom is -0.492 e. The summed E-state index contributed by atoms with van der Waals surface area (Å²) in [6, 6.07) is 17.7. The Morgan fingerprint density at radius 3 is 2.63 bits per heavy atom. The number of amides is 1. The molecule has 0 radical (unpaired) electrons. The zero-order valence-corrected chi connectivity index (χ0v) is 21.0. The number of aromatic nitrogens is 6. The first-order valence-corrected chi connectivity index (χ1v) is 12.6. The molecule has 0 atom stereocenters. The Hall–Kier alpha value is -4.60. The summed E-state index contributed by atoms with van der Waals surface area (Å²) in [5.74, 6) is 1.12. The number of halogens is 1. The number of aryl methyl sites for hydroxylation is 1. The van der Waals surface area contributed by atoms with E-state index in [1.54, 1.807) is 39.7 Å². The minimum atomic E-state index is -0.382. The fraction of sp³-hybridized carbons (Fsp3) is 0.250. The van der Waals surface area contributed by atoms with Crippen molar-refractivity contribution in [3.8, 4) is 23.0 Å². The molecule has 1 aliphatic rings. The summed E-state index contributed by atoms with van der Waals surface area (Å²) < 4.78 is 23.9. The lowest BCUT2D eigenvalue weighted by Gasteiger charge is -2.35. The van der Waals surface area contributed by atoms with E-state index in [9.17, 15) is 9.18 Å². The average Bonchev–Trinajstić information content (AvgIpc) is 3.48. The van der Waals surface area contributed by atoms with Gasteiger partial charge in [-0.1, -0.05) is 30.3 Å². The molecule has 6 rings (SSSR count). The molecule has 0 aliphatic heterocycles. The van der Waals surface area contributed by atoms with Crippen molar-refractivity contribution < 1.29 is 13.9 Å². The van der Waals surface area contributed by atoms with Gasteiger partial charge in [0.25, 0.3) is 5.91 Å². The van der Waals surface area contributed by atoms with Gasteiger partial charge >= 0.3 is 0 Å². The molecular weight excluding hydrogens is 485 g/mol. The maximum absolute atomic E-state index is 15.0. The van der Waals surface area contributed by atoms with Crippen LogP contribution in [0.2, 0.25) is 0 Å². The molecule has 0 spiro atoms. The standard InChI is InChI=1S/C28H26FN7O2/c1-3-38-19-12-13-22(30-16-19)27-33-32-26(36(27)24-11-7-5-9-21(24)29)17-14-18(15-17)31-28(37)25-20-8-4-6-10-23(20)35(2)34-25/h4-13,16-18H,3,14-15H2,1-2H3,(H,31,37). The molecule has 9 nitrogen and oxygen atoms in total. The molecule has 10 heteroatoms. The van der Waals surface area contributed by atoms with Crippen LogP contribution in [0.25, 0.3) is 28.1 Å². The van der Waals surface area contributed by atoms with Gasteiger partial charge < -0.3 is 10.1 Å². The van der Waals surface area contributed by atoms with Crippen LogP contribution >= 0.6 is 0 Å². The van der Waals surface area contributed by atoms with E-state index in [2.05, 4.69) is 25.6 Å². The molecule has 3 heterocycles. The van der Waals surface area contributed by atoms with Crippen molar-refractivity contribution in [2.45, 2.75) is 31.7 Å². The lowest BCUT2D eigenvalue weighted by molar-refractivity contribution is 0.0903. The first kappa shape index (κ1) is 23.8. The van der Waals surface area contributed by atoms with Crippen LogP contribution in [0.4, 0.5) is 4.39 Å². The van der Waals surface area contributed by atoms with Crippen molar-refractivity contribution in [3.63, 3.8) is 0 Å². The van der Waals surface area contributed by atoms with E-state index in [-0.39, 0.29) is 23.7 Å². The fourth-order valence-corrected chi connectivity index (χ4v) is 4.94. The number of carbonyl (C=O) groups is 1. The lowest BCUT2D eigenvalue weighted by atomic mass is 9.79. The third-order valence-corrected chi connectivity index (χ3v) is 6.87. The monoisotopic (exact) mass is 511 g/mol. The van der Waals surface area contributed by atoms with Gasteiger partial charge in [0, 0.05) is 24.4 Å². The Bertz CT molecular complexity index is 1620. The zero-order chi connectivity index (χ0) is 26.2. The zero-order valence-electron chi connectivity index (χ0n) is 21.0. The molecule has 0 saturated heterocycles. The number of ether oxygens (including phenoxy) is 1. The van der Waals surface area contributed by atoms with Crippen molar-refractivity contribution in [1.29, 1.82) is 0 Å². The van der Waals surface area contributed by atoms with Crippen LogP contribution in [0.5, 0.6) is 5.75 Å². The number of carbonyl (C=O) groups excluding carboxylic acids is 1. The number of nitrogens with one attached hydrogen (secondary N) is 1. The van der Waals surface area contributed by atoms with Crippen LogP contribution in [0.3, 0.4) is 0 Å². The molecule has 38 heavy (non-hydrogen) atoms. The quantitative estimate of drug-likeness (QED) is 0.347. The fourth-order valence-electron chi connectivity index (χ4n) is 4.94. The third kappa shape index (κ3) is 4.17. The first-order valence-electron chi connectivity index (χ1n) is 12.6. The van der Waals surface area contributed by atoms with Gasteiger partial charge in [0.05, 0.1) is 24.0 Å². The van der Waals surface area contributed by atoms with Crippen LogP contribution in [-0.4, -0.2) is 48.1 Å². The normalized spacial score (nSPS) is 16.8. The van der Waals surface area contributed by atoms with Crippen molar-refractivity contribution in [3.05, 3.63) is 84.2 Å². The van der Waals surface area contributed by atoms with Crippen molar-refractivity contribution in [1.82, 2.24) is 34.8 Å². The van der Waals surface area contributed by atoms with Crippen molar-refractivity contribution in [2.75, 3.05) is 6.61 Å². The SMILES string of the molecule is CCOc1ccc(-c2nnc(C3CC(NC(=O)c4nn(C)c5ccccc45)C3)n2-c2ccccc2F)nc1. The lowest BCUT2D eigenvalue weighted by Crippen LogP contribution is -2.44. The summed E-state index contributed by atoms with van der Waals surface area (Å²) in [5.41, 5.74) is 2.22. The van der Waals surface area contributed by atoms with Crippen LogP contribution < -0.4 is 10.1 Å². The van der Waals surface area contributed by atoms with Crippen LogP contribution in [-0.2, 0) is 7.05 Å². The largest absolute Gasteiger partial charge is 0.492 e. The number of nitrogens with zero attached hydrogens (tertiary/aromatic N) is 6. The Kier molecular flexibility index (Phi) is 6.07. The highest BCUT2D eigenvalue weighted by Gasteiger charge is 2.37. The summed E-state index contributed by atoms with van der Waals surface area (Å²) in [5, 5.41) is 17.2. The Morgan fingerprint density at radius 1 is 1.08 bits per heavy atom. The van der Waals surface area contributed by atoms with Crippen LogP contribution in [0.15, 0.2) is 66.9 Å². The predicted molar refractivity (Wildman–Crippen MR) is 140 cm³/mol. The number of hydrogen-bond donors (Lipinski definition) is 1. The Labute approximate surface area is 218 Å². The second-order valence-corrected chi connectivity index (χ2v) is 9.31. The van der Waals surface area contributed by atoms with E-state index in [0.717, 1.165) is 10.9 Å². The summed E-state index contributed by atoms with van der Waals surface area (Å²) >= 11 is 0. The molecule has 3 aromatic heterocycles. The third-order valence-electron chi connectivity index (χ3n) is 6.87. The van der Waals surface area contributed by atoms with E-state index >= 15 is 0 Å². The second kappa shape index (κ2) is 9.70. The van der Waals surface area contributed by atoms with Crippen LogP contribution in [0, 0.1) is 5.82 Å². The average molecular weight is 512 g/mol. The highest BCUT2D eigenvalue weighted by atomic mass is 19.1. The molecule has 192 valence electrons. The van der Waals surface area contributed by atoms with Gasteiger partial charge in [0.2, 0.25) is 0 Å². The molecule has 1 aliphatic carbocycles. The number of fused-ring (bicyclic) bond motifs is 1. The number of para-hydroxylation sites is 2. The molecule has 5 aromatic rings. The topological polar surface area (TPSA) is 99.8 Å². The van der Waals surface area contributed by atoms with Gasteiger partial charge in [-0.25, -0.2) is 9.37 Å². The number of benzene rings is 2. The summed E-state index contributed by atoms with van der Waals surface area (Å²) in [4.78, 5) is 17.5. The number of hydrogen-bond acceptors (Lipinski definition) is 6. The Balaban J connectivity index is 1.25. The van der Waals surface area contributed by atoms with E-state index in [0.29, 0.717) is 53.9 Å². The number of rotatable bonds is 7. The van der Waals surface area contributed by atoms with E-state index < -0.39 is 0 Å². The molecule has 1 fully saturated rings. The van der Waals surface area contributed by atoms with Gasteiger partial charge in [0.1, 0.15) is 23.1 Å². The van der Waals surface area contributed by atoms with Gasteiger partial charge in [-0.15, -0.1) is 10.2 Å². The highest BCUT2D eigenvalue weighted by Crippen LogP contribution is 2.39. The van der Waals surface area contributed by atoms with E-state index in [1.165, 1.54) is 6.07 Å². The van der Waals surface area contributed by atoms with Crippen molar-refractivity contribution in [2.24, 2.45) is 7.05 Å². The van der Waals surface area contributed by atoms with Gasteiger partial charge in [-0.3, -0.25) is 14.0 Å². The van der Waals surface area contributed by atoms with Gasteiger partial charge in [-0.2, -0.15) is 5.10 Å². The van der Waals surface area contributed by atoms with E-state index in [1.807, 2.05) is 44.3 Å². The maximum atomic E-state index is 15.0. The first-order chi connectivity index (χ1) is 18.5. The molecule has 1 amide bonds. The molecular formula is C28H26FN7O2. The highest BCUT2D eigenvalue weighted by molar-refractivity contribution is 6.05. The van der Waals surface area contributed by atoms with Crippen LogP contribution in [0.1, 0.15) is 42.0 Å². The summed E-state index contributed by atoms with van der Waals surface area (Å²) in [6.07, 6.45) is 2.93. The molecule has 1 saturated carbocycles. The minimum absolute atomic E-state index is 0.00988. The molecule has 0 bridgehead atoms. The molecule has 2 aromatic carbocycles. The second-order valence-electron chi connectivity index (χ2n) is 9.31. The van der Waals surface area contributed by atoms with Gasteiger partial charge in [0.15, 0.2) is 11.5 Å². The predicted octanol–water partition coefficient (Wildman–Crippen LogP) is 4.43. The molecule has 1 N–H and O–H groups in total. The van der Waals surface area contributed by atoms with Crippen molar-refractivity contribution >= 4 is 16.8 Å². The molecule has 0 unspecified atom stereocenters.